The van der Waals surface area contributed by atoms with E-state index >= 15 is 0 Å². The van der Waals surface area contributed by atoms with Gasteiger partial charge in [0.1, 0.15) is 0 Å². The Kier molecular flexibility index (Phi) is 7.67. The molecule has 0 unspecified atom stereocenters. The number of carbonyl (C=O) groups is 1. The fourth-order valence-electron chi connectivity index (χ4n) is 2.93. The molecule has 0 spiro atoms. The number of rotatable bonds is 9. The molecule has 24 heavy (non-hydrogen) atoms. The zero-order valence-electron chi connectivity index (χ0n) is 14.5. The highest BCUT2D eigenvalue weighted by Crippen LogP contribution is 2.20. The minimum Gasteiger partial charge on any atom is -0.297 e. The van der Waals surface area contributed by atoms with Crippen molar-refractivity contribution in [3.05, 3.63) is 71.8 Å². The van der Waals surface area contributed by atoms with Crippen molar-refractivity contribution in [3.63, 3.8) is 0 Å². The zero-order chi connectivity index (χ0) is 17.4. The number of ketones is 1. The van der Waals surface area contributed by atoms with E-state index in [-0.39, 0.29) is 11.8 Å². The molecule has 3 heteroatoms. The maximum Gasteiger partial charge on any atom is 0.160 e. The van der Waals surface area contributed by atoms with Crippen molar-refractivity contribution in [3.8, 4) is 0 Å². The van der Waals surface area contributed by atoms with Gasteiger partial charge in [-0.1, -0.05) is 90.4 Å². The lowest BCUT2D eigenvalue weighted by molar-refractivity contribution is -0.122. The van der Waals surface area contributed by atoms with Crippen molar-refractivity contribution in [2.24, 2.45) is 5.92 Å². The molecule has 0 amide bonds. The maximum absolute atomic E-state index is 12.6. The Morgan fingerprint density at radius 1 is 0.917 bits per heavy atom. The molecule has 2 nitrogen and oxygen atoms in total. The first kappa shape index (κ1) is 18.9. The van der Waals surface area contributed by atoms with E-state index in [0.29, 0.717) is 11.2 Å². The summed E-state index contributed by atoms with van der Waals surface area (Å²) in [5.74, 6) is 0.739. The molecule has 0 saturated carbocycles. The SMILES string of the molecule is CC(C)C[C@@H](C(=O)CBr)N(Cc1ccccc1)Cc1ccccc1. The average molecular weight is 388 g/mol. The van der Waals surface area contributed by atoms with Crippen LogP contribution >= 0.6 is 15.9 Å². The lowest BCUT2D eigenvalue weighted by Gasteiger charge is -2.32. The van der Waals surface area contributed by atoms with E-state index in [1.54, 1.807) is 0 Å². The van der Waals surface area contributed by atoms with Gasteiger partial charge >= 0.3 is 0 Å². The molecule has 0 aliphatic heterocycles. The Hall–Kier alpha value is -1.45. The van der Waals surface area contributed by atoms with E-state index in [4.69, 9.17) is 0 Å². The third-order valence-electron chi connectivity index (χ3n) is 4.10. The summed E-state index contributed by atoms with van der Waals surface area (Å²) < 4.78 is 0. The summed E-state index contributed by atoms with van der Waals surface area (Å²) in [6, 6.07) is 20.7. The number of hydrogen-bond donors (Lipinski definition) is 0. The van der Waals surface area contributed by atoms with Gasteiger partial charge in [-0.2, -0.15) is 0 Å². The molecule has 0 aliphatic carbocycles. The van der Waals surface area contributed by atoms with Crippen LogP contribution in [0.2, 0.25) is 0 Å². The minimum absolute atomic E-state index is 0.0650. The molecule has 1 atom stereocenters. The summed E-state index contributed by atoms with van der Waals surface area (Å²) >= 11 is 3.37. The van der Waals surface area contributed by atoms with Crippen molar-refractivity contribution in [1.82, 2.24) is 4.90 Å². The molecule has 128 valence electrons. The van der Waals surface area contributed by atoms with Crippen LogP contribution < -0.4 is 0 Å². The van der Waals surface area contributed by atoms with Gasteiger partial charge in [0, 0.05) is 13.1 Å². The Bertz CT molecular complexity index is 571. The molecule has 0 radical (unpaired) electrons. The Labute approximate surface area is 154 Å². The van der Waals surface area contributed by atoms with Gasteiger partial charge in [0.2, 0.25) is 0 Å². The van der Waals surface area contributed by atoms with Gasteiger partial charge in [0.05, 0.1) is 11.4 Å². The Balaban J connectivity index is 2.26. The molecule has 0 bridgehead atoms. The second-order valence-electron chi connectivity index (χ2n) is 6.62. The molecule has 2 rings (SSSR count). The van der Waals surface area contributed by atoms with E-state index < -0.39 is 0 Å². The third kappa shape index (κ3) is 5.88. The van der Waals surface area contributed by atoms with E-state index in [1.807, 2.05) is 12.1 Å². The number of alkyl halides is 1. The second-order valence-corrected chi connectivity index (χ2v) is 7.18. The minimum atomic E-state index is -0.0650. The van der Waals surface area contributed by atoms with Crippen LogP contribution in [0.25, 0.3) is 0 Å². The van der Waals surface area contributed by atoms with E-state index in [2.05, 4.69) is 83.2 Å². The summed E-state index contributed by atoms with van der Waals surface area (Å²) in [5, 5.41) is 0.407. The van der Waals surface area contributed by atoms with Crippen LogP contribution in [0.4, 0.5) is 0 Å². The molecule has 0 N–H and O–H groups in total. The van der Waals surface area contributed by atoms with Crippen molar-refractivity contribution >= 4 is 21.7 Å². The van der Waals surface area contributed by atoms with Crippen LogP contribution in [-0.2, 0) is 17.9 Å². The number of halogens is 1. The molecule has 2 aromatic rings. The van der Waals surface area contributed by atoms with Crippen LogP contribution in [0.5, 0.6) is 0 Å². The van der Waals surface area contributed by atoms with Crippen LogP contribution in [0, 0.1) is 5.92 Å². The van der Waals surface area contributed by atoms with Crippen LogP contribution in [0.1, 0.15) is 31.4 Å². The molecular formula is C21H26BrNO. The predicted octanol–water partition coefficient (Wildman–Crippen LogP) is 5.07. The highest BCUT2D eigenvalue weighted by Gasteiger charge is 2.26. The monoisotopic (exact) mass is 387 g/mol. The number of benzene rings is 2. The summed E-state index contributed by atoms with van der Waals surface area (Å²) in [7, 11) is 0. The van der Waals surface area contributed by atoms with Gasteiger partial charge < -0.3 is 0 Å². The molecule has 0 heterocycles. The van der Waals surface area contributed by atoms with Gasteiger partial charge in [-0.05, 0) is 23.5 Å². The molecule has 0 fully saturated rings. The summed E-state index contributed by atoms with van der Waals surface area (Å²) in [6.07, 6.45) is 0.879. The predicted molar refractivity (Wildman–Crippen MR) is 104 cm³/mol. The summed E-state index contributed by atoms with van der Waals surface area (Å²) in [6.45, 7) is 5.92. The van der Waals surface area contributed by atoms with E-state index in [9.17, 15) is 4.79 Å². The molecule has 2 aromatic carbocycles. The van der Waals surface area contributed by atoms with Gasteiger partial charge in [0.25, 0.3) is 0 Å². The van der Waals surface area contributed by atoms with Gasteiger partial charge in [0.15, 0.2) is 5.78 Å². The van der Waals surface area contributed by atoms with Crippen molar-refractivity contribution in [2.45, 2.75) is 39.4 Å². The number of carbonyl (C=O) groups excluding carboxylic acids is 1. The summed E-state index contributed by atoms with van der Waals surface area (Å²) in [4.78, 5) is 14.9. The lowest BCUT2D eigenvalue weighted by atomic mass is 9.98. The van der Waals surface area contributed by atoms with Crippen LogP contribution in [0.15, 0.2) is 60.7 Å². The average Bonchev–Trinajstić information content (AvgIpc) is 2.60. The first-order valence-corrected chi connectivity index (χ1v) is 9.63. The van der Waals surface area contributed by atoms with Crippen LogP contribution in [-0.4, -0.2) is 22.1 Å². The Morgan fingerprint density at radius 3 is 1.75 bits per heavy atom. The number of nitrogens with zero attached hydrogens (tertiary/aromatic N) is 1. The lowest BCUT2D eigenvalue weighted by Crippen LogP contribution is -2.42. The fourth-order valence-corrected chi connectivity index (χ4v) is 3.31. The standard InChI is InChI=1S/C21H26BrNO/c1-17(2)13-20(21(24)14-22)23(15-18-9-5-3-6-10-18)16-19-11-7-4-8-12-19/h3-12,17,20H,13-16H2,1-2H3/t20-/m0/s1. The molecule has 0 saturated heterocycles. The third-order valence-corrected chi connectivity index (χ3v) is 4.65. The molecule has 0 aromatic heterocycles. The smallest absolute Gasteiger partial charge is 0.160 e. The topological polar surface area (TPSA) is 20.3 Å². The van der Waals surface area contributed by atoms with Crippen LogP contribution in [0.3, 0.4) is 0 Å². The van der Waals surface area contributed by atoms with Crippen molar-refractivity contribution < 1.29 is 4.79 Å². The summed E-state index contributed by atoms with van der Waals surface area (Å²) in [5.41, 5.74) is 2.48. The van der Waals surface area contributed by atoms with Gasteiger partial charge in [-0.15, -0.1) is 0 Å². The first-order chi connectivity index (χ1) is 11.6. The number of hydrogen-bond acceptors (Lipinski definition) is 2. The van der Waals surface area contributed by atoms with E-state index in [0.717, 1.165) is 19.5 Å². The van der Waals surface area contributed by atoms with Gasteiger partial charge in [-0.25, -0.2) is 0 Å². The Morgan fingerprint density at radius 2 is 1.38 bits per heavy atom. The molecule has 0 aliphatic rings. The van der Waals surface area contributed by atoms with Crippen molar-refractivity contribution in [2.75, 3.05) is 5.33 Å². The molecular weight excluding hydrogens is 362 g/mol. The quantitative estimate of drug-likeness (QED) is 0.559. The second kappa shape index (κ2) is 9.75. The number of Topliss-reactive ketones (excluding diaryl/α,β-unsaturated/α-hetero) is 1. The first-order valence-electron chi connectivity index (χ1n) is 8.50. The highest BCUT2D eigenvalue weighted by molar-refractivity contribution is 9.09. The van der Waals surface area contributed by atoms with Crippen molar-refractivity contribution in [1.29, 1.82) is 0 Å². The normalized spacial score (nSPS) is 12.5. The largest absolute Gasteiger partial charge is 0.297 e. The van der Waals surface area contributed by atoms with E-state index in [1.165, 1.54) is 11.1 Å². The fraction of sp³-hybridized carbons (Fsp3) is 0.381. The maximum atomic E-state index is 12.6. The zero-order valence-corrected chi connectivity index (χ0v) is 16.1. The van der Waals surface area contributed by atoms with Gasteiger partial charge in [-0.3, -0.25) is 9.69 Å². The highest BCUT2D eigenvalue weighted by atomic mass is 79.9.